The van der Waals surface area contributed by atoms with Crippen LogP contribution in [-0.2, 0) is 17.8 Å². The van der Waals surface area contributed by atoms with Gasteiger partial charge in [0.1, 0.15) is 23.3 Å². The Kier molecular flexibility index (Phi) is 6.28. The largest absolute Gasteiger partial charge is 0.301 e. The van der Waals surface area contributed by atoms with E-state index in [1.807, 2.05) is 13.8 Å². The molecule has 1 saturated heterocycles. The van der Waals surface area contributed by atoms with Crippen LogP contribution in [0.15, 0.2) is 30.3 Å². The van der Waals surface area contributed by atoms with Gasteiger partial charge in [-0.2, -0.15) is 0 Å². The molecule has 0 aliphatic carbocycles. The topological polar surface area (TPSA) is 49.3 Å². The summed E-state index contributed by atoms with van der Waals surface area (Å²) in [7, 11) is 0. The fourth-order valence-corrected chi connectivity index (χ4v) is 4.76. The van der Waals surface area contributed by atoms with Crippen LogP contribution in [0, 0.1) is 0 Å². The van der Waals surface area contributed by atoms with Crippen molar-refractivity contribution in [2.75, 3.05) is 19.6 Å². The van der Waals surface area contributed by atoms with Gasteiger partial charge in [-0.1, -0.05) is 49.7 Å². The highest BCUT2D eigenvalue weighted by Crippen LogP contribution is 2.29. The molecule has 1 unspecified atom stereocenters. The zero-order valence-electron chi connectivity index (χ0n) is 17.2. The van der Waals surface area contributed by atoms with Gasteiger partial charge in [-0.25, -0.2) is 9.97 Å². The Labute approximate surface area is 178 Å². The number of carbonyl (C=O) groups excluding carboxylic acids is 1. The number of hydrogen-bond donors (Lipinski definition) is 0. The lowest BCUT2D eigenvalue weighted by atomic mass is 9.95. The van der Waals surface area contributed by atoms with Crippen LogP contribution in [0.3, 0.4) is 0 Å². The molecule has 1 fully saturated rings. The van der Waals surface area contributed by atoms with Gasteiger partial charge in [0, 0.05) is 38.1 Å². The summed E-state index contributed by atoms with van der Waals surface area (Å²) in [5.41, 5.74) is 3.67. The van der Waals surface area contributed by atoms with Crippen LogP contribution in [0.5, 0.6) is 0 Å². The third-order valence-electron chi connectivity index (χ3n) is 6.25. The van der Waals surface area contributed by atoms with Crippen molar-refractivity contribution >= 4 is 17.9 Å². The molecule has 2 aliphatic rings. The van der Waals surface area contributed by atoms with E-state index in [9.17, 15) is 4.79 Å². The highest BCUT2D eigenvalue weighted by molar-refractivity contribution is 6.29. The maximum absolute atomic E-state index is 12.0. The van der Waals surface area contributed by atoms with Crippen molar-refractivity contribution in [3.05, 3.63) is 58.1 Å². The molecule has 0 radical (unpaired) electrons. The van der Waals surface area contributed by atoms with Gasteiger partial charge in [0.25, 0.3) is 0 Å². The van der Waals surface area contributed by atoms with Crippen molar-refractivity contribution in [3.63, 3.8) is 0 Å². The molecule has 0 amide bonds. The van der Waals surface area contributed by atoms with Crippen molar-refractivity contribution in [2.45, 2.75) is 57.7 Å². The summed E-state index contributed by atoms with van der Waals surface area (Å²) in [5.74, 6) is 0.869. The van der Waals surface area contributed by atoms with Crippen LogP contribution in [0.4, 0.5) is 0 Å². The maximum atomic E-state index is 12.0. The fourth-order valence-electron chi connectivity index (χ4n) is 4.56. The zero-order valence-corrected chi connectivity index (χ0v) is 18.0. The minimum Gasteiger partial charge on any atom is -0.301 e. The summed E-state index contributed by atoms with van der Waals surface area (Å²) in [6, 6.07) is 10.7. The van der Waals surface area contributed by atoms with Crippen LogP contribution in [-0.4, -0.2) is 51.7 Å². The molecule has 1 aromatic carbocycles. The van der Waals surface area contributed by atoms with Gasteiger partial charge in [0.05, 0.1) is 5.69 Å². The Morgan fingerprint density at radius 2 is 1.83 bits per heavy atom. The molecule has 5 nitrogen and oxygen atoms in total. The lowest BCUT2D eigenvalue weighted by Gasteiger charge is -2.42. The van der Waals surface area contributed by atoms with Crippen molar-refractivity contribution in [3.8, 4) is 0 Å². The van der Waals surface area contributed by atoms with Crippen molar-refractivity contribution in [1.82, 2.24) is 19.8 Å². The normalized spacial score (nSPS) is 19.9. The van der Waals surface area contributed by atoms with Gasteiger partial charge in [-0.05, 0) is 36.5 Å². The standard InChI is InChI=1S/C23H29ClN4O/c1-16(2)23-25-20(13-22(24)26-23)21(15-29)27-11-8-19(9-12-27)28-10-7-17-5-3-4-6-18(17)14-28/h3-6,13,15-16,19,21H,7-12,14H2,1-2H3. The average molecular weight is 413 g/mol. The Balaban J connectivity index is 1.42. The van der Waals surface area contributed by atoms with E-state index in [0.717, 1.165) is 51.7 Å². The first-order valence-electron chi connectivity index (χ1n) is 10.6. The summed E-state index contributed by atoms with van der Waals surface area (Å²) < 4.78 is 0. The second-order valence-electron chi connectivity index (χ2n) is 8.47. The molecular formula is C23H29ClN4O. The van der Waals surface area contributed by atoms with Gasteiger partial charge in [-0.15, -0.1) is 0 Å². The Morgan fingerprint density at radius 3 is 2.52 bits per heavy atom. The summed E-state index contributed by atoms with van der Waals surface area (Å²) in [6.07, 6.45) is 4.27. The van der Waals surface area contributed by atoms with E-state index >= 15 is 0 Å². The Morgan fingerprint density at radius 1 is 1.10 bits per heavy atom. The summed E-state index contributed by atoms with van der Waals surface area (Å²) >= 11 is 6.21. The monoisotopic (exact) mass is 412 g/mol. The highest BCUT2D eigenvalue weighted by Gasteiger charge is 2.31. The first-order valence-corrected chi connectivity index (χ1v) is 11.0. The zero-order chi connectivity index (χ0) is 20.4. The average Bonchev–Trinajstić information content (AvgIpc) is 2.74. The summed E-state index contributed by atoms with van der Waals surface area (Å²) in [5, 5.41) is 0.410. The van der Waals surface area contributed by atoms with E-state index in [0.29, 0.717) is 22.7 Å². The number of fused-ring (bicyclic) bond motifs is 1. The molecule has 154 valence electrons. The van der Waals surface area contributed by atoms with E-state index in [4.69, 9.17) is 11.6 Å². The predicted octanol–water partition coefficient (Wildman–Crippen LogP) is 4.02. The number of carbonyl (C=O) groups is 1. The van der Waals surface area contributed by atoms with Crippen LogP contribution in [0.1, 0.15) is 61.3 Å². The first kappa shape index (κ1) is 20.5. The summed E-state index contributed by atoms with van der Waals surface area (Å²) in [6.45, 7) is 8.02. The van der Waals surface area contributed by atoms with E-state index < -0.39 is 0 Å². The third-order valence-corrected chi connectivity index (χ3v) is 6.44. The van der Waals surface area contributed by atoms with Crippen molar-refractivity contribution in [1.29, 1.82) is 0 Å². The predicted molar refractivity (Wildman–Crippen MR) is 115 cm³/mol. The van der Waals surface area contributed by atoms with Gasteiger partial charge in [0.2, 0.25) is 0 Å². The van der Waals surface area contributed by atoms with Crippen LogP contribution in [0.25, 0.3) is 0 Å². The van der Waals surface area contributed by atoms with Gasteiger partial charge in [-0.3, -0.25) is 9.80 Å². The summed E-state index contributed by atoms with van der Waals surface area (Å²) in [4.78, 5) is 25.8. The Hall–Kier alpha value is -1.82. The van der Waals surface area contributed by atoms with Crippen LogP contribution < -0.4 is 0 Å². The quantitative estimate of drug-likeness (QED) is 0.548. The maximum Gasteiger partial charge on any atom is 0.143 e. The lowest BCUT2D eigenvalue weighted by Crippen LogP contribution is -2.47. The van der Waals surface area contributed by atoms with Crippen LogP contribution in [0.2, 0.25) is 5.15 Å². The molecule has 1 aromatic heterocycles. The minimum absolute atomic E-state index is 0.174. The van der Waals surface area contributed by atoms with Crippen LogP contribution >= 0.6 is 11.6 Å². The molecule has 0 bridgehead atoms. The van der Waals surface area contributed by atoms with E-state index in [1.165, 1.54) is 11.1 Å². The molecule has 6 heteroatoms. The molecule has 4 rings (SSSR count). The molecule has 3 heterocycles. The minimum atomic E-state index is -0.351. The lowest BCUT2D eigenvalue weighted by molar-refractivity contribution is -0.113. The molecule has 0 saturated carbocycles. The van der Waals surface area contributed by atoms with Crippen molar-refractivity contribution < 1.29 is 4.79 Å². The molecule has 0 N–H and O–H groups in total. The smallest absolute Gasteiger partial charge is 0.143 e. The number of hydrogen-bond acceptors (Lipinski definition) is 5. The van der Waals surface area contributed by atoms with E-state index in [1.54, 1.807) is 6.07 Å². The second kappa shape index (κ2) is 8.90. The number of aldehydes is 1. The number of aromatic nitrogens is 2. The van der Waals surface area contributed by atoms with Crippen molar-refractivity contribution in [2.24, 2.45) is 0 Å². The number of benzene rings is 1. The van der Waals surface area contributed by atoms with E-state index in [2.05, 4.69) is 44.0 Å². The first-order chi connectivity index (χ1) is 14.0. The van der Waals surface area contributed by atoms with Gasteiger partial charge >= 0.3 is 0 Å². The number of halogens is 1. The van der Waals surface area contributed by atoms with Gasteiger partial charge in [0.15, 0.2) is 0 Å². The number of rotatable bonds is 5. The molecule has 29 heavy (non-hydrogen) atoms. The SMILES string of the molecule is CC(C)c1nc(Cl)cc(C(C=O)N2CCC(N3CCc4ccccc4C3)CC2)n1. The number of likely N-dealkylation sites (tertiary alicyclic amines) is 1. The fraction of sp³-hybridized carbons (Fsp3) is 0.522. The molecule has 0 spiro atoms. The molecule has 2 aliphatic heterocycles. The Bertz CT molecular complexity index is 864. The number of piperidine rings is 1. The third kappa shape index (κ3) is 4.52. The second-order valence-corrected chi connectivity index (χ2v) is 8.85. The molecular weight excluding hydrogens is 384 g/mol. The van der Waals surface area contributed by atoms with Gasteiger partial charge < -0.3 is 4.79 Å². The molecule has 1 atom stereocenters. The van der Waals surface area contributed by atoms with E-state index in [-0.39, 0.29) is 12.0 Å². The molecule has 2 aromatic rings. The number of nitrogens with zero attached hydrogens (tertiary/aromatic N) is 4. The highest BCUT2D eigenvalue weighted by atomic mass is 35.5.